The first-order chi connectivity index (χ1) is 9.43. The highest BCUT2D eigenvalue weighted by molar-refractivity contribution is 7.89. The lowest BCUT2D eigenvalue weighted by Crippen LogP contribution is -2.48. The number of nitrogens with two attached hydrogens (primary N) is 1. The van der Waals surface area contributed by atoms with Crippen molar-refractivity contribution in [3.05, 3.63) is 24.3 Å². The molecule has 2 rings (SSSR count). The average molecular weight is 298 g/mol. The number of primary amides is 1. The summed E-state index contributed by atoms with van der Waals surface area (Å²) < 4.78 is 25.8. The minimum absolute atomic E-state index is 0.0350. The number of carbonyl (C=O) groups is 1. The van der Waals surface area contributed by atoms with Crippen molar-refractivity contribution < 1.29 is 18.3 Å². The van der Waals surface area contributed by atoms with E-state index in [0.717, 1.165) is 23.6 Å². The Morgan fingerprint density at radius 2 is 1.70 bits per heavy atom. The summed E-state index contributed by atoms with van der Waals surface area (Å²) >= 11 is 0. The molecule has 0 unspecified atom stereocenters. The Labute approximate surface area is 118 Å². The van der Waals surface area contributed by atoms with Crippen LogP contribution < -0.4 is 5.73 Å². The fourth-order valence-electron chi connectivity index (χ4n) is 2.54. The van der Waals surface area contributed by atoms with E-state index in [1.165, 1.54) is 24.3 Å². The Hall–Kier alpha value is -1.76. The van der Waals surface area contributed by atoms with Crippen molar-refractivity contribution in [2.45, 2.75) is 43.0 Å². The summed E-state index contributed by atoms with van der Waals surface area (Å²) in [6, 6.07) is 3.75. The lowest BCUT2D eigenvalue weighted by molar-refractivity contribution is 0.208. The average Bonchev–Trinajstić information content (AvgIpc) is 2.39. The zero-order valence-electron chi connectivity index (χ0n) is 11.0. The van der Waals surface area contributed by atoms with Crippen LogP contribution in [0.5, 0.6) is 5.75 Å². The number of hydrogen-bond acceptors (Lipinski definition) is 4. The maximum Gasteiger partial charge on any atom is 0.328 e. The van der Waals surface area contributed by atoms with Gasteiger partial charge in [0.2, 0.25) is 0 Å². The van der Waals surface area contributed by atoms with Crippen LogP contribution in [0.1, 0.15) is 32.1 Å². The standard InChI is InChI=1S/C13H18N2O4S/c14-13(17)15(10-4-2-1-3-5-10)20(18,19)12-8-6-11(16)7-9-12/h6-10,16H,1-5H2,(H2,14,17). The van der Waals surface area contributed by atoms with E-state index in [1.807, 2.05) is 0 Å². The van der Waals surface area contributed by atoms with Gasteiger partial charge in [-0.25, -0.2) is 17.5 Å². The van der Waals surface area contributed by atoms with Crippen LogP contribution in [0.15, 0.2) is 29.2 Å². The topological polar surface area (TPSA) is 101 Å². The molecule has 0 atom stereocenters. The predicted octanol–water partition coefficient (Wildman–Crippen LogP) is 1.79. The molecular formula is C13H18N2O4S. The minimum Gasteiger partial charge on any atom is -0.508 e. The van der Waals surface area contributed by atoms with Gasteiger partial charge in [-0.3, -0.25) is 0 Å². The van der Waals surface area contributed by atoms with Crippen LogP contribution in [0, 0.1) is 0 Å². The number of urea groups is 1. The van der Waals surface area contributed by atoms with Gasteiger partial charge in [0.15, 0.2) is 0 Å². The molecule has 20 heavy (non-hydrogen) atoms. The van der Waals surface area contributed by atoms with Crippen LogP contribution in [0.3, 0.4) is 0 Å². The van der Waals surface area contributed by atoms with Crippen molar-refractivity contribution in [1.82, 2.24) is 4.31 Å². The third-order valence-electron chi connectivity index (χ3n) is 3.52. The summed E-state index contributed by atoms with van der Waals surface area (Å²) in [6.45, 7) is 0. The largest absolute Gasteiger partial charge is 0.508 e. The second-order valence-electron chi connectivity index (χ2n) is 4.92. The Morgan fingerprint density at radius 3 is 2.20 bits per heavy atom. The van der Waals surface area contributed by atoms with Crippen molar-refractivity contribution in [3.63, 3.8) is 0 Å². The first kappa shape index (κ1) is 14.6. The molecule has 1 fully saturated rings. The van der Waals surface area contributed by atoms with E-state index in [4.69, 9.17) is 5.73 Å². The Balaban J connectivity index is 2.36. The normalized spacial score (nSPS) is 16.8. The van der Waals surface area contributed by atoms with E-state index in [9.17, 15) is 18.3 Å². The number of carbonyl (C=O) groups excluding carboxylic acids is 1. The number of phenolic OH excluding ortho intramolecular Hbond substituents is 1. The molecule has 7 heteroatoms. The number of sulfonamides is 1. The molecule has 0 aliphatic heterocycles. The lowest BCUT2D eigenvalue weighted by atomic mass is 9.96. The Morgan fingerprint density at radius 1 is 1.15 bits per heavy atom. The number of aromatic hydroxyl groups is 1. The van der Waals surface area contributed by atoms with Gasteiger partial charge in [-0.05, 0) is 37.1 Å². The number of amides is 2. The van der Waals surface area contributed by atoms with E-state index in [2.05, 4.69) is 0 Å². The SMILES string of the molecule is NC(=O)N(C1CCCCC1)S(=O)(=O)c1ccc(O)cc1. The highest BCUT2D eigenvalue weighted by atomic mass is 32.2. The van der Waals surface area contributed by atoms with E-state index in [0.29, 0.717) is 12.8 Å². The van der Waals surface area contributed by atoms with Gasteiger partial charge in [-0.15, -0.1) is 0 Å². The van der Waals surface area contributed by atoms with E-state index in [1.54, 1.807) is 0 Å². The molecule has 2 amide bonds. The van der Waals surface area contributed by atoms with E-state index >= 15 is 0 Å². The number of nitrogens with zero attached hydrogens (tertiary/aromatic N) is 1. The maximum atomic E-state index is 12.5. The quantitative estimate of drug-likeness (QED) is 0.888. The lowest BCUT2D eigenvalue weighted by Gasteiger charge is -2.32. The van der Waals surface area contributed by atoms with Gasteiger partial charge in [0.25, 0.3) is 10.0 Å². The smallest absolute Gasteiger partial charge is 0.328 e. The molecule has 1 saturated carbocycles. The van der Waals surface area contributed by atoms with Crippen LogP contribution in [0.2, 0.25) is 0 Å². The highest BCUT2D eigenvalue weighted by Crippen LogP contribution is 2.28. The van der Waals surface area contributed by atoms with Gasteiger partial charge in [0.1, 0.15) is 5.75 Å². The molecule has 3 N–H and O–H groups in total. The monoisotopic (exact) mass is 298 g/mol. The summed E-state index contributed by atoms with van der Waals surface area (Å²) in [5.41, 5.74) is 5.28. The number of hydrogen-bond donors (Lipinski definition) is 2. The molecule has 0 bridgehead atoms. The summed E-state index contributed by atoms with van der Waals surface area (Å²) in [7, 11) is -3.97. The van der Waals surface area contributed by atoms with Gasteiger partial charge in [-0.2, -0.15) is 0 Å². The molecule has 1 aliphatic rings. The summed E-state index contributed by atoms with van der Waals surface area (Å²) in [4.78, 5) is 11.6. The molecule has 0 spiro atoms. The molecular weight excluding hydrogens is 280 g/mol. The fourth-order valence-corrected chi connectivity index (χ4v) is 4.09. The molecule has 1 aliphatic carbocycles. The first-order valence-electron chi connectivity index (χ1n) is 6.56. The first-order valence-corrected chi connectivity index (χ1v) is 8.00. The molecule has 6 nitrogen and oxygen atoms in total. The molecule has 1 aromatic carbocycles. The second kappa shape index (κ2) is 5.70. The number of benzene rings is 1. The zero-order chi connectivity index (χ0) is 14.8. The molecule has 0 saturated heterocycles. The van der Waals surface area contributed by atoms with Crippen LogP contribution in [-0.2, 0) is 10.0 Å². The van der Waals surface area contributed by atoms with Crippen LogP contribution in [0.4, 0.5) is 4.79 Å². The third-order valence-corrected chi connectivity index (χ3v) is 5.38. The van der Waals surface area contributed by atoms with Crippen LogP contribution in [0.25, 0.3) is 0 Å². The van der Waals surface area contributed by atoms with Crippen molar-refractivity contribution in [1.29, 1.82) is 0 Å². The Kier molecular flexibility index (Phi) is 4.17. The van der Waals surface area contributed by atoms with Gasteiger partial charge in [0, 0.05) is 0 Å². The Bertz CT molecular complexity index is 577. The summed E-state index contributed by atoms with van der Waals surface area (Å²) in [6.07, 6.45) is 4.10. The van der Waals surface area contributed by atoms with Gasteiger partial charge >= 0.3 is 6.03 Å². The van der Waals surface area contributed by atoms with Gasteiger partial charge in [0.05, 0.1) is 10.9 Å². The van der Waals surface area contributed by atoms with Gasteiger partial charge in [-0.1, -0.05) is 19.3 Å². The molecule has 0 radical (unpaired) electrons. The third kappa shape index (κ3) is 2.87. The maximum absolute atomic E-state index is 12.5. The molecule has 0 aromatic heterocycles. The minimum atomic E-state index is -3.97. The molecule has 0 heterocycles. The van der Waals surface area contributed by atoms with Crippen molar-refractivity contribution >= 4 is 16.1 Å². The predicted molar refractivity (Wildman–Crippen MR) is 73.6 cm³/mol. The van der Waals surface area contributed by atoms with E-state index in [-0.39, 0.29) is 16.7 Å². The summed E-state index contributed by atoms with van der Waals surface area (Å²) in [5, 5.41) is 9.22. The van der Waals surface area contributed by atoms with Crippen LogP contribution in [-0.4, -0.2) is 29.9 Å². The number of phenols is 1. The molecule has 1 aromatic rings. The second-order valence-corrected chi connectivity index (χ2v) is 6.74. The highest BCUT2D eigenvalue weighted by Gasteiger charge is 2.35. The number of rotatable bonds is 3. The van der Waals surface area contributed by atoms with Crippen molar-refractivity contribution in [3.8, 4) is 5.75 Å². The van der Waals surface area contributed by atoms with Crippen molar-refractivity contribution in [2.75, 3.05) is 0 Å². The van der Waals surface area contributed by atoms with Crippen LogP contribution >= 0.6 is 0 Å². The zero-order valence-corrected chi connectivity index (χ0v) is 11.8. The van der Waals surface area contributed by atoms with Gasteiger partial charge < -0.3 is 10.8 Å². The fraction of sp³-hybridized carbons (Fsp3) is 0.462. The summed E-state index contributed by atoms with van der Waals surface area (Å²) in [5.74, 6) is -0.0350. The molecule has 110 valence electrons. The van der Waals surface area contributed by atoms with E-state index < -0.39 is 16.1 Å². The van der Waals surface area contributed by atoms with Crippen molar-refractivity contribution in [2.24, 2.45) is 5.73 Å².